The maximum atomic E-state index is 11.9. The van der Waals surface area contributed by atoms with Crippen LogP contribution in [-0.4, -0.2) is 46.6 Å². The van der Waals surface area contributed by atoms with Crippen LogP contribution in [0.1, 0.15) is 33.6 Å². The highest BCUT2D eigenvalue weighted by molar-refractivity contribution is 5.99. The molecule has 0 fully saturated rings. The Bertz CT molecular complexity index is 288. The number of aliphatic hydroxyl groups is 2. The molecule has 0 aromatic carbocycles. The third kappa shape index (κ3) is 4.27. The lowest BCUT2D eigenvalue weighted by Gasteiger charge is -2.30. The highest BCUT2D eigenvalue weighted by atomic mass is 16.5. The van der Waals surface area contributed by atoms with Gasteiger partial charge in [0.05, 0.1) is 19.3 Å². The van der Waals surface area contributed by atoms with Gasteiger partial charge < -0.3 is 20.1 Å². The number of carbonyl (C=O) groups excluding carboxylic acids is 1. The van der Waals surface area contributed by atoms with Gasteiger partial charge in [0, 0.05) is 6.42 Å². The number of hydrogen-bond acceptors (Lipinski definition) is 5. The molecular formula is C12H22O6. The van der Waals surface area contributed by atoms with E-state index in [0.717, 1.165) is 0 Å². The second kappa shape index (κ2) is 7.33. The van der Waals surface area contributed by atoms with Crippen LogP contribution in [0, 0.1) is 11.3 Å². The van der Waals surface area contributed by atoms with Crippen LogP contribution in [0.15, 0.2) is 0 Å². The molecule has 0 aliphatic carbocycles. The minimum Gasteiger partial charge on any atom is -0.480 e. The highest BCUT2D eigenvalue weighted by Crippen LogP contribution is 2.34. The molecule has 2 unspecified atom stereocenters. The lowest BCUT2D eigenvalue weighted by atomic mass is 9.75. The van der Waals surface area contributed by atoms with Crippen LogP contribution >= 0.6 is 0 Å². The fraction of sp³-hybridized carbons (Fsp3) is 0.833. The summed E-state index contributed by atoms with van der Waals surface area (Å²) in [6, 6.07) is 0. The second-order valence-electron chi connectivity index (χ2n) is 4.75. The Morgan fingerprint density at radius 1 is 1.28 bits per heavy atom. The molecule has 6 heteroatoms. The van der Waals surface area contributed by atoms with Crippen LogP contribution < -0.4 is 0 Å². The van der Waals surface area contributed by atoms with E-state index in [1.807, 2.05) is 0 Å². The summed E-state index contributed by atoms with van der Waals surface area (Å²) in [5, 5.41) is 27.6. The molecule has 0 aromatic heterocycles. The average molecular weight is 262 g/mol. The summed E-state index contributed by atoms with van der Waals surface area (Å²) in [4.78, 5) is 23.3. The van der Waals surface area contributed by atoms with Crippen molar-refractivity contribution in [2.45, 2.75) is 39.7 Å². The topological polar surface area (TPSA) is 104 Å². The molecule has 18 heavy (non-hydrogen) atoms. The zero-order valence-corrected chi connectivity index (χ0v) is 11.0. The summed E-state index contributed by atoms with van der Waals surface area (Å²) in [5.41, 5.74) is -1.80. The molecule has 0 aliphatic rings. The zero-order valence-electron chi connectivity index (χ0n) is 11.0. The summed E-state index contributed by atoms with van der Waals surface area (Å²) in [7, 11) is 0. The number of hydrogen-bond donors (Lipinski definition) is 3. The summed E-state index contributed by atoms with van der Waals surface area (Å²) < 4.78 is 4.80. The van der Waals surface area contributed by atoms with Crippen LogP contribution in [-0.2, 0) is 14.3 Å². The van der Waals surface area contributed by atoms with Gasteiger partial charge >= 0.3 is 11.9 Å². The van der Waals surface area contributed by atoms with E-state index in [4.69, 9.17) is 9.84 Å². The third-order valence-electron chi connectivity index (χ3n) is 2.63. The molecule has 0 heterocycles. The van der Waals surface area contributed by atoms with Gasteiger partial charge in [-0.15, -0.1) is 0 Å². The summed E-state index contributed by atoms with van der Waals surface area (Å²) in [6.07, 6.45) is -1.56. The maximum absolute atomic E-state index is 11.9. The molecule has 0 spiro atoms. The largest absolute Gasteiger partial charge is 0.480 e. The fourth-order valence-corrected chi connectivity index (χ4v) is 1.94. The molecule has 6 nitrogen and oxygen atoms in total. The monoisotopic (exact) mass is 262 g/mol. The number of carboxylic acids is 1. The first-order chi connectivity index (χ1) is 8.30. The smallest absolute Gasteiger partial charge is 0.323 e. The SMILES string of the molecule is CCOC(=O)C(CC(C)C)(CC(O)CO)C(=O)O. The Morgan fingerprint density at radius 2 is 1.83 bits per heavy atom. The quantitative estimate of drug-likeness (QED) is 0.432. The van der Waals surface area contributed by atoms with E-state index in [-0.39, 0.29) is 25.4 Å². The molecule has 106 valence electrons. The molecule has 3 N–H and O–H groups in total. The van der Waals surface area contributed by atoms with Crippen molar-refractivity contribution in [2.24, 2.45) is 11.3 Å². The molecule has 0 saturated heterocycles. The number of aliphatic carboxylic acids is 1. The standard InChI is InChI=1S/C12H22O6/c1-4-18-11(17)12(10(15)16,5-8(2)3)6-9(14)7-13/h8-9,13-14H,4-7H2,1-3H3,(H,15,16). The van der Waals surface area contributed by atoms with E-state index in [1.165, 1.54) is 0 Å². The number of esters is 1. The summed E-state index contributed by atoms with van der Waals surface area (Å²) in [6.45, 7) is 4.63. The molecular weight excluding hydrogens is 240 g/mol. The van der Waals surface area contributed by atoms with Crippen LogP contribution in [0.3, 0.4) is 0 Å². The van der Waals surface area contributed by atoms with E-state index in [1.54, 1.807) is 20.8 Å². The minimum absolute atomic E-state index is 0.0538. The zero-order chi connectivity index (χ0) is 14.3. The first-order valence-corrected chi connectivity index (χ1v) is 5.99. The first kappa shape index (κ1) is 16.9. The van der Waals surface area contributed by atoms with Crippen molar-refractivity contribution >= 4 is 11.9 Å². The summed E-state index contributed by atoms with van der Waals surface area (Å²) >= 11 is 0. The van der Waals surface area contributed by atoms with E-state index in [2.05, 4.69) is 0 Å². The predicted octanol–water partition coefficient (Wildman–Crippen LogP) is 0.410. The van der Waals surface area contributed by atoms with Crippen molar-refractivity contribution in [3.05, 3.63) is 0 Å². The molecule has 0 rings (SSSR count). The van der Waals surface area contributed by atoms with Crippen molar-refractivity contribution in [1.82, 2.24) is 0 Å². The van der Waals surface area contributed by atoms with Crippen molar-refractivity contribution < 1.29 is 29.6 Å². The number of aliphatic hydroxyl groups excluding tert-OH is 2. The molecule has 0 bridgehead atoms. The fourth-order valence-electron chi connectivity index (χ4n) is 1.94. The molecule has 0 aliphatic heterocycles. The van der Waals surface area contributed by atoms with Crippen molar-refractivity contribution in [3.63, 3.8) is 0 Å². The van der Waals surface area contributed by atoms with E-state index >= 15 is 0 Å². The van der Waals surface area contributed by atoms with Gasteiger partial charge in [0.15, 0.2) is 5.41 Å². The van der Waals surface area contributed by atoms with E-state index < -0.39 is 30.1 Å². The Labute approximate surface area is 107 Å². The van der Waals surface area contributed by atoms with Crippen LogP contribution in [0.25, 0.3) is 0 Å². The van der Waals surface area contributed by atoms with Gasteiger partial charge in [-0.3, -0.25) is 9.59 Å². The number of ether oxygens (including phenoxy) is 1. The first-order valence-electron chi connectivity index (χ1n) is 5.99. The Balaban J connectivity index is 5.27. The van der Waals surface area contributed by atoms with Crippen molar-refractivity contribution in [3.8, 4) is 0 Å². The Hall–Kier alpha value is -1.14. The average Bonchev–Trinajstić information content (AvgIpc) is 2.27. The van der Waals surface area contributed by atoms with Crippen LogP contribution in [0.4, 0.5) is 0 Å². The molecule has 2 atom stereocenters. The van der Waals surface area contributed by atoms with Gasteiger partial charge in [-0.2, -0.15) is 0 Å². The number of rotatable bonds is 8. The molecule has 0 saturated carbocycles. The summed E-state index contributed by atoms with van der Waals surface area (Å²) in [5.74, 6) is -2.25. The van der Waals surface area contributed by atoms with Gasteiger partial charge in [0.25, 0.3) is 0 Å². The Kier molecular flexibility index (Phi) is 6.86. The van der Waals surface area contributed by atoms with E-state index in [9.17, 15) is 19.8 Å². The predicted molar refractivity (Wildman–Crippen MR) is 63.9 cm³/mol. The number of carboxylic acid groups (broad SMARTS) is 1. The maximum Gasteiger partial charge on any atom is 0.323 e. The molecule has 0 aromatic rings. The van der Waals surface area contributed by atoms with Crippen LogP contribution in [0.2, 0.25) is 0 Å². The van der Waals surface area contributed by atoms with E-state index in [0.29, 0.717) is 0 Å². The lowest BCUT2D eigenvalue weighted by molar-refractivity contribution is -0.173. The minimum atomic E-state index is -1.80. The van der Waals surface area contributed by atoms with Gasteiger partial charge in [0.2, 0.25) is 0 Å². The van der Waals surface area contributed by atoms with Crippen molar-refractivity contribution in [2.75, 3.05) is 13.2 Å². The van der Waals surface area contributed by atoms with Gasteiger partial charge in [-0.25, -0.2) is 0 Å². The van der Waals surface area contributed by atoms with Crippen molar-refractivity contribution in [1.29, 1.82) is 0 Å². The number of carbonyl (C=O) groups is 2. The second-order valence-corrected chi connectivity index (χ2v) is 4.75. The molecule has 0 amide bonds. The van der Waals surface area contributed by atoms with Gasteiger partial charge in [0.1, 0.15) is 0 Å². The van der Waals surface area contributed by atoms with Crippen LogP contribution in [0.5, 0.6) is 0 Å². The Morgan fingerprint density at radius 3 is 2.17 bits per heavy atom. The third-order valence-corrected chi connectivity index (χ3v) is 2.63. The van der Waals surface area contributed by atoms with Gasteiger partial charge in [-0.05, 0) is 19.3 Å². The van der Waals surface area contributed by atoms with Gasteiger partial charge in [-0.1, -0.05) is 13.8 Å². The normalized spacial score (nSPS) is 16.1. The molecule has 0 radical (unpaired) electrons. The lowest BCUT2D eigenvalue weighted by Crippen LogP contribution is -2.45. The highest BCUT2D eigenvalue weighted by Gasteiger charge is 2.49.